The molecule has 98 valence electrons. The Labute approximate surface area is 100 Å². The van der Waals surface area contributed by atoms with Crippen molar-refractivity contribution in [2.24, 2.45) is 0 Å². The zero-order chi connectivity index (χ0) is 13.3. The Hall–Kier alpha value is -1.59. The third kappa shape index (κ3) is 6.55. The first-order valence-electron chi connectivity index (χ1n) is 5.56. The Morgan fingerprint density at radius 3 is 2.00 bits per heavy atom. The molecule has 0 spiro atoms. The Balaban J connectivity index is 4.00. The Morgan fingerprint density at radius 2 is 1.53 bits per heavy atom. The number of hydrogen-bond donors (Lipinski definition) is 0. The largest absolute Gasteiger partial charge is 0.450 e. The van der Waals surface area contributed by atoms with Gasteiger partial charge in [-0.1, -0.05) is 20.8 Å². The molecule has 0 amide bonds. The van der Waals surface area contributed by atoms with Crippen LogP contribution in [0.2, 0.25) is 0 Å². The van der Waals surface area contributed by atoms with Crippen LogP contribution in [0.25, 0.3) is 0 Å². The monoisotopic (exact) mass is 246 g/mol. The molecule has 0 radical (unpaired) electrons. The fourth-order valence-electron chi connectivity index (χ4n) is 0.888. The van der Waals surface area contributed by atoms with E-state index < -0.39 is 30.8 Å². The third-order valence-corrected chi connectivity index (χ3v) is 1.91. The van der Waals surface area contributed by atoms with Gasteiger partial charge in [0, 0.05) is 12.8 Å². The van der Waals surface area contributed by atoms with E-state index in [4.69, 9.17) is 4.74 Å². The fourth-order valence-corrected chi connectivity index (χ4v) is 0.888. The normalized spacial score (nSPS) is 11.5. The van der Waals surface area contributed by atoms with Crippen LogP contribution in [0, 0.1) is 0 Å². The van der Waals surface area contributed by atoms with Gasteiger partial charge in [-0.3, -0.25) is 9.59 Å². The molecule has 0 aromatic heterocycles. The molecule has 0 N–H and O–H groups in total. The van der Waals surface area contributed by atoms with E-state index in [9.17, 15) is 14.4 Å². The minimum atomic E-state index is -0.942. The van der Waals surface area contributed by atoms with Crippen LogP contribution in [0.3, 0.4) is 0 Å². The minimum absolute atomic E-state index is 0.189. The standard InChI is InChI=1S/C11H18O6/c1-4-8(17-10(13)6-3)11(14)16-7-15-9(12)5-2/h8H,4-7H2,1-3H3. The van der Waals surface area contributed by atoms with Gasteiger partial charge >= 0.3 is 17.9 Å². The summed E-state index contributed by atoms with van der Waals surface area (Å²) < 4.78 is 14.1. The van der Waals surface area contributed by atoms with Gasteiger partial charge in [-0.05, 0) is 6.42 Å². The first-order valence-corrected chi connectivity index (χ1v) is 5.56. The van der Waals surface area contributed by atoms with E-state index >= 15 is 0 Å². The van der Waals surface area contributed by atoms with E-state index in [0.717, 1.165) is 0 Å². The predicted octanol–water partition coefficient (Wildman–Crippen LogP) is 1.17. The molecule has 0 aliphatic heterocycles. The van der Waals surface area contributed by atoms with Crippen molar-refractivity contribution in [3.8, 4) is 0 Å². The number of carbonyl (C=O) groups is 3. The van der Waals surface area contributed by atoms with Crippen LogP contribution in [-0.2, 0) is 28.6 Å². The molecule has 0 aliphatic carbocycles. The lowest BCUT2D eigenvalue weighted by Crippen LogP contribution is -2.29. The number of ether oxygens (including phenoxy) is 3. The van der Waals surface area contributed by atoms with Crippen LogP contribution in [0.4, 0.5) is 0 Å². The first kappa shape index (κ1) is 15.4. The second-order valence-corrected chi connectivity index (χ2v) is 3.19. The molecule has 0 rings (SSSR count). The van der Waals surface area contributed by atoms with Crippen molar-refractivity contribution in [1.29, 1.82) is 0 Å². The molecule has 0 saturated carbocycles. The molecular weight excluding hydrogens is 228 g/mol. The van der Waals surface area contributed by atoms with Gasteiger partial charge in [-0.25, -0.2) is 4.79 Å². The van der Waals surface area contributed by atoms with Crippen molar-refractivity contribution in [2.75, 3.05) is 6.79 Å². The number of carbonyl (C=O) groups excluding carboxylic acids is 3. The molecule has 0 aromatic carbocycles. The van der Waals surface area contributed by atoms with Crippen molar-refractivity contribution >= 4 is 17.9 Å². The molecule has 1 atom stereocenters. The average molecular weight is 246 g/mol. The van der Waals surface area contributed by atoms with Gasteiger partial charge in [-0.2, -0.15) is 0 Å². The first-order chi connectivity index (χ1) is 8.04. The Kier molecular flexibility index (Phi) is 7.75. The van der Waals surface area contributed by atoms with Crippen LogP contribution in [0.15, 0.2) is 0 Å². The summed E-state index contributed by atoms with van der Waals surface area (Å²) in [7, 11) is 0. The lowest BCUT2D eigenvalue weighted by molar-refractivity contribution is -0.180. The predicted molar refractivity (Wildman–Crippen MR) is 57.8 cm³/mol. The summed E-state index contributed by atoms with van der Waals surface area (Å²) >= 11 is 0. The van der Waals surface area contributed by atoms with Gasteiger partial charge < -0.3 is 14.2 Å². The summed E-state index contributed by atoms with van der Waals surface area (Å²) in [4.78, 5) is 33.2. The van der Waals surface area contributed by atoms with Crippen molar-refractivity contribution < 1.29 is 28.6 Å². The maximum absolute atomic E-state index is 11.4. The van der Waals surface area contributed by atoms with Crippen LogP contribution >= 0.6 is 0 Å². The SMILES string of the molecule is CCC(=O)OCOC(=O)C(CC)OC(=O)CC. The highest BCUT2D eigenvalue weighted by Gasteiger charge is 2.22. The van der Waals surface area contributed by atoms with E-state index in [1.165, 1.54) is 0 Å². The average Bonchev–Trinajstić information content (AvgIpc) is 2.34. The summed E-state index contributed by atoms with van der Waals surface area (Å²) in [5, 5.41) is 0. The van der Waals surface area contributed by atoms with Gasteiger partial charge in [0.15, 0.2) is 6.10 Å². The summed E-state index contributed by atoms with van der Waals surface area (Å²) in [5.41, 5.74) is 0. The molecule has 0 saturated heterocycles. The highest BCUT2D eigenvalue weighted by Crippen LogP contribution is 2.03. The molecule has 6 heteroatoms. The number of esters is 3. The highest BCUT2D eigenvalue weighted by molar-refractivity contribution is 5.79. The molecule has 1 unspecified atom stereocenters. The van der Waals surface area contributed by atoms with Gasteiger partial charge in [-0.15, -0.1) is 0 Å². The smallest absolute Gasteiger partial charge is 0.350 e. The molecule has 17 heavy (non-hydrogen) atoms. The topological polar surface area (TPSA) is 78.9 Å². The molecule has 0 bridgehead atoms. The number of rotatable bonds is 7. The zero-order valence-corrected chi connectivity index (χ0v) is 10.4. The quantitative estimate of drug-likeness (QED) is 0.495. The van der Waals surface area contributed by atoms with Gasteiger partial charge in [0.05, 0.1) is 0 Å². The molecule has 0 aliphatic rings. The molecule has 6 nitrogen and oxygen atoms in total. The van der Waals surface area contributed by atoms with Gasteiger partial charge in [0.25, 0.3) is 0 Å². The van der Waals surface area contributed by atoms with Crippen LogP contribution in [0.5, 0.6) is 0 Å². The lowest BCUT2D eigenvalue weighted by Gasteiger charge is -2.14. The van der Waals surface area contributed by atoms with E-state index in [1.54, 1.807) is 20.8 Å². The van der Waals surface area contributed by atoms with E-state index in [0.29, 0.717) is 6.42 Å². The minimum Gasteiger partial charge on any atom is -0.450 e. The van der Waals surface area contributed by atoms with Crippen LogP contribution in [-0.4, -0.2) is 30.8 Å². The lowest BCUT2D eigenvalue weighted by atomic mass is 10.3. The van der Waals surface area contributed by atoms with Crippen LogP contribution < -0.4 is 0 Å². The van der Waals surface area contributed by atoms with Gasteiger partial charge in [0.1, 0.15) is 0 Å². The summed E-state index contributed by atoms with van der Waals surface area (Å²) in [6, 6.07) is 0. The summed E-state index contributed by atoms with van der Waals surface area (Å²) in [6.45, 7) is 4.49. The third-order valence-electron chi connectivity index (χ3n) is 1.91. The summed E-state index contributed by atoms with van der Waals surface area (Å²) in [5.74, 6) is -1.64. The van der Waals surface area contributed by atoms with E-state index in [-0.39, 0.29) is 12.8 Å². The van der Waals surface area contributed by atoms with Crippen molar-refractivity contribution in [2.45, 2.75) is 46.1 Å². The molecule has 0 heterocycles. The fraction of sp³-hybridized carbons (Fsp3) is 0.727. The molecular formula is C11H18O6. The maximum Gasteiger partial charge on any atom is 0.350 e. The van der Waals surface area contributed by atoms with Crippen LogP contribution in [0.1, 0.15) is 40.0 Å². The molecule has 0 fully saturated rings. The Morgan fingerprint density at radius 1 is 0.941 bits per heavy atom. The van der Waals surface area contributed by atoms with Crippen molar-refractivity contribution in [3.05, 3.63) is 0 Å². The maximum atomic E-state index is 11.4. The van der Waals surface area contributed by atoms with Gasteiger partial charge in [0.2, 0.25) is 6.79 Å². The second kappa shape index (κ2) is 8.55. The van der Waals surface area contributed by atoms with Crippen molar-refractivity contribution in [3.63, 3.8) is 0 Å². The van der Waals surface area contributed by atoms with E-state index in [2.05, 4.69) is 9.47 Å². The Bertz CT molecular complexity index is 273. The highest BCUT2D eigenvalue weighted by atomic mass is 16.7. The number of hydrogen-bond acceptors (Lipinski definition) is 6. The van der Waals surface area contributed by atoms with Crippen molar-refractivity contribution in [1.82, 2.24) is 0 Å². The van der Waals surface area contributed by atoms with E-state index in [1.807, 2.05) is 0 Å². The summed E-state index contributed by atoms with van der Waals surface area (Å²) in [6.07, 6.45) is -0.233. The second-order valence-electron chi connectivity index (χ2n) is 3.19. The molecule has 0 aromatic rings. The zero-order valence-electron chi connectivity index (χ0n) is 10.4.